The molecule has 0 aromatic heterocycles. The van der Waals surface area contributed by atoms with Crippen molar-refractivity contribution in [3.8, 4) is 0 Å². The van der Waals surface area contributed by atoms with Gasteiger partial charge in [-0.05, 0) is 50.4 Å². The molecule has 1 rings (SSSR count). The minimum Gasteiger partial charge on any atom is -0.392 e. The van der Waals surface area contributed by atoms with Gasteiger partial charge in [-0.25, -0.2) is 8.42 Å². The Bertz CT molecular complexity index is 582. The zero-order chi connectivity index (χ0) is 14.8. The van der Waals surface area contributed by atoms with Crippen LogP contribution in [0.2, 0.25) is 0 Å². The van der Waals surface area contributed by atoms with E-state index in [2.05, 4.69) is 52.5 Å². The second-order valence-corrected chi connectivity index (χ2v) is 8.65. The maximum atomic E-state index is 12.2. The van der Waals surface area contributed by atoms with E-state index in [4.69, 9.17) is 18.0 Å². The average Bonchev–Trinajstić information content (AvgIpc) is 2.23. The van der Waals surface area contributed by atoms with E-state index < -0.39 is 15.3 Å². The number of hydrogen-bond donors (Lipinski definition) is 2. The van der Waals surface area contributed by atoms with Crippen molar-refractivity contribution >= 4 is 80.7 Å². The minimum atomic E-state index is -3.67. The van der Waals surface area contributed by atoms with Gasteiger partial charge >= 0.3 is 0 Å². The first-order valence-electron chi connectivity index (χ1n) is 5.14. The fourth-order valence-corrected chi connectivity index (χ4v) is 6.08. The van der Waals surface area contributed by atoms with Crippen molar-refractivity contribution in [3.63, 3.8) is 0 Å². The van der Waals surface area contributed by atoms with Crippen LogP contribution in [-0.2, 0) is 10.0 Å². The first-order valence-corrected chi connectivity index (χ1v) is 9.48. The van der Waals surface area contributed by atoms with Crippen LogP contribution in [0.3, 0.4) is 0 Å². The maximum absolute atomic E-state index is 12.2. The molecule has 0 saturated carbocycles. The number of nitrogens with one attached hydrogen (secondary N) is 1. The number of benzene rings is 1. The molecule has 0 saturated heterocycles. The number of nitrogens with two attached hydrogens (primary N) is 1. The molecule has 1 aromatic carbocycles. The molecule has 0 radical (unpaired) electrons. The predicted molar refractivity (Wildman–Crippen MR) is 92.9 cm³/mol. The normalized spacial score (nSPS) is 13.1. The van der Waals surface area contributed by atoms with Crippen LogP contribution in [0.15, 0.2) is 25.6 Å². The summed E-state index contributed by atoms with van der Waals surface area (Å²) in [5.74, 6) is 0. The van der Waals surface area contributed by atoms with Gasteiger partial charge in [0, 0.05) is 13.4 Å². The lowest BCUT2D eigenvalue weighted by Gasteiger charge is -2.18. The molecule has 0 aliphatic heterocycles. The van der Waals surface area contributed by atoms with Crippen LogP contribution >= 0.6 is 60.0 Å². The molecule has 0 aliphatic carbocycles. The van der Waals surface area contributed by atoms with Gasteiger partial charge in [0.25, 0.3) is 0 Å². The van der Waals surface area contributed by atoms with Crippen LogP contribution < -0.4 is 10.5 Å². The van der Waals surface area contributed by atoms with Crippen LogP contribution in [0.4, 0.5) is 5.69 Å². The van der Waals surface area contributed by atoms with E-state index in [0.717, 1.165) is 4.47 Å². The van der Waals surface area contributed by atoms with E-state index in [9.17, 15) is 8.42 Å². The van der Waals surface area contributed by atoms with Crippen molar-refractivity contribution in [1.82, 2.24) is 0 Å². The molecule has 0 amide bonds. The first kappa shape index (κ1) is 17.4. The Morgan fingerprint density at radius 3 is 2.21 bits per heavy atom. The second-order valence-electron chi connectivity index (χ2n) is 3.69. The highest BCUT2D eigenvalue weighted by Crippen LogP contribution is 2.35. The summed E-state index contributed by atoms with van der Waals surface area (Å²) >= 11 is 14.7. The quantitative estimate of drug-likeness (QED) is 0.611. The largest absolute Gasteiger partial charge is 0.392 e. The highest BCUT2D eigenvalue weighted by molar-refractivity contribution is 9.11. The van der Waals surface area contributed by atoms with E-state index in [0.29, 0.717) is 21.1 Å². The predicted octanol–water partition coefficient (Wildman–Crippen LogP) is 3.78. The summed E-state index contributed by atoms with van der Waals surface area (Å²) in [5.41, 5.74) is 5.88. The Balaban J connectivity index is 3.19. The fourth-order valence-electron chi connectivity index (χ4n) is 1.43. The third-order valence-corrected chi connectivity index (χ3v) is 6.28. The third-order valence-electron chi connectivity index (χ3n) is 2.31. The first-order chi connectivity index (χ1) is 8.69. The summed E-state index contributed by atoms with van der Waals surface area (Å²) in [4.78, 5) is -0.0423. The lowest BCUT2D eigenvalue weighted by molar-refractivity contribution is 0.594. The minimum absolute atomic E-state index is 0.0423. The molecule has 19 heavy (non-hydrogen) atoms. The van der Waals surface area contributed by atoms with Crippen molar-refractivity contribution in [1.29, 1.82) is 0 Å². The van der Waals surface area contributed by atoms with Gasteiger partial charge in [-0.2, -0.15) is 0 Å². The van der Waals surface area contributed by atoms with Crippen LogP contribution in [0, 0.1) is 0 Å². The lowest BCUT2D eigenvalue weighted by atomic mass is 10.3. The molecule has 0 fully saturated rings. The molecular weight excluding hydrogens is 484 g/mol. The van der Waals surface area contributed by atoms with Gasteiger partial charge in [-0.3, -0.25) is 4.72 Å². The summed E-state index contributed by atoms with van der Waals surface area (Å²) in [6.45, 7) is 1.72. The standard InChI is InChI=1S/C10H11Br3N2O2S2/c1-2-8(10(14)18)19(16,17)15-9-6(12)3-5(11)4-7(9)13/h3-4,8,15H,2H2,1H3,(H2,14,18). The Labute approximate surface area is 143 Å². The fraction of sp³-hybridized carbons (Fsp3) is 0.300. The SMILES string of the molecule is CCC(C(N)=S)S(=O)(=O)Nc1c(Br)cc(Br)cc1Br. The van der Waals surface area contributed by atoms with Gasteiger partial charge in [0.2, 0.25) is 10.0 Å². The number of thiocarbonyl (C=S) groups is 1. The van der Waals surface area contributed by atoms with Crippen molar-refractivity contribution in [2.45, 2.75) is 18.6 Å². The van der Waals surface area contributed by atoms with Gasteiger partial charge in [-0.15, -0.1) is 0 Å². The zero-order valence-electron chi connectivity index (χ0n) is 9.78. The Hall–Kier alpha value is 0.300. The molecule has 9 heteroatoms. The number of sulfonamides is 1. The Morgan fingerprint density at radius 1 is 1.37 bits per heavy atom. The number of anilines is 1. The summed E-state index contributed by atoms with van der Waals surface area (Å²) in [6.07, 6.45) is 0.316. The van der Waals surface area contributed by atoms with E-state index in [1.165, 1.54) is 0 Å². The van der Waals surface area contributed by atoms with E-state index >= 15 is 0 Å². The van der Waals surface area contributed by atoms with Gasteiger partial charge < -0.3 is 5.73 Å². The average molecular weight is 495 g/mol. The molecule has 1 unspecified atom stereocenters. The second kappa shape index (κ2) is 6.84. The molecule has 3 N–H and O–H groups in total. The smallest absolute Gasteiger partial charge is 0.242 e. The van der Waals surface area contributed by atoms with Crippen LogP contribution in [-0.4, -0.2) is 18.7 Å². The van der Waals surface area contributed by atoms with Gasteiger partial charge in [0.1, 0.15) is 5.25 Å². The molecule has 0 spiro atoms. The van der Waals surface area contributed by atoms with Crippen LogP contribution in [0.1, 0.15) is 13.3 Å². The van der Waals surface area contributed by atoms with Crippen LogP contribution in [0.5, 0.6) is 0 Å². The zero-order valence-corrected chi connectivity index (χ0v) is 16.2. The Morgan fingerprint density at radius 2 is 1.84 bits per heavy atom. The van der Waals surface area contributed by atoms with Gasteiger partial charge in [-0.1, -0.05) is 35.1 Å². The van der Waals surface area contributed by atoms with Crippen molar-refractivity contribution in [3.05, 3.63) is 25.6 Å². The number of rotatable bonds is 5. The van der Waals surface area contributed by atoms with Crippen molar-refractivity contribution < 1.29 is 8.42 Å². The summed E-state index contributed by atoms with van der Waals surface area (Å²) in [6, 6.07) is 3.48. The van der Waals surface area contributed by atoms with Gasteiger partial charge in [0.15, 0.2) is 0 Å². The highest BCUT2D eigenvalue weighted by Gasteiger charge is 2.27. The molecule has 4 nitrogen and oxygen atoms in total. The van der Waals surface area contributed by atoms with Gasteiger partial charge in [0.05, 0.1) is 10.7 Å². The molecule has 0 heterocycles. The summed E-state index contributed by atoms with van der Waals surface area (Å²) in [5, 5.41) is -0.898. The maximum Gasteiger partial charge on any atom is 0.242 e. The summed E-state index contributed by atoms with van der Waals surface area (Å²) in [7, 11) is -3.67. The van der Waals surface area contributed by atoms with Crippen molar-refractivity contribution in [2.24, 2.45) is 5.73 Å². The van der Waals surface area contributed by atoms with Crippen molar-refractivity contribution in [2.75, 3.05) is 4.72 Å². The third kappa shape index (κ3) is 4.38. The molecule has 1 atom stereocenters. The monoisotopic (exact) mass is 492 g/mol. The lowest BCUT2D eigenvalue weighted by Crippen LogP contribution is -2.37. The molecule has 0 aliphatic rings. The van der Waals surface area contributed by atoms with Crippen LogP contribution in [0.25, 0.3) is 0 Å². The molecule has 106 valence electrons. The summed E-state index contributed by atoms with van der Waals surface area (Å²) < 4.78 is 29.0. The number of hydrogen-bond acceptors (Lipinski definition) is 3. The highest BCUT2D eigenvalue weighted by atomic mass is 79.9. The van der Waals surface area contributed by atoms with E-state index in [1.54, 1.807) is 19.1 Å². The molecule has 0 bridgehead atoms. The Kier molecular flexibility index (Phi) is 6.25. The molecular formula is C10H11Br3N2O2S2. The van der Waals surface area contributed by atoms with E-state index in [1.807, 2.05) is 0 Å². The molecule has 1 aromatic rings. The number of halogens is 3. The topological polar surface area (TPSA) is 72.2 Å². The van der Waals surface area contributed by atoms with E-state index in [-0.39, 0.29) is 4.99 Å².